The number of nitrogens with one attached hydrogen (secondary N) is 2. The van der Waals surface area contributed by atoms with Crippen molar-refractivity contribution in [2.75, 3.05) is 0 Å². The Bertz CT molecular complexity index is 782. The Balaban J connectivity index is 2.06. The highest BCUT2D eigenvalue weighted by Gasteiger charge is 2.31. The molecule has 2 N–H and O–H groups in total. The van der Waals surface area contributed by atoms with E-state index in [1.165, 1.54) is 12.1 Å². The molecule has 2 aromatic carbocycles. The van der Waals surface area contributed by atoms with Gasteiger partial charge in [-0.25, -0.2) is 9.18 Å². The van der Waals surface area contributed by atoms with Gasteiger partial charge in [-0.05, 0) is 24.6 Å². The maximum atomic E-state index is 13.1. The number of halogens is 1. The summed E-state index contributed by atoms with van der Waals surface area (Å²) < 4.78 is 13.1. The minimum Gasteiger partial charge on any atom is -0.327 e. The first kappa shape index (κ1) is 15.0. The number of rotatable bonds is 3. The topological polar surface area (TPSA) is 58.2 Å². The molecule has 0 saturated carbocycles. The van der Waals surface area contributed by atoms with Gasteiger partial charge in [-0.2, -0.15) is 0 Å². The summed E-state index contributed by atoms with van der Waals surface area (Å²) in [5, 5.41) is 5.36. The van der Waals surface area contributed by atoms with Crippen LogP contribution in [0.4, 0.5) is 9.18 Å². The normalized spacial score (nSPS) is 17.5. The van der Waals surface area contributed by atoms with E-state index in [-0.39, 0.29) is 17.6 Å². The Labute approximate surface area is 133 Å². The molecule has 2 aromatic rings. The van der Waals surface area contributed by atoms with Gasteiger partial charge < -0.3 is 10.6 Å². The number of amides is 2. The molecule has 0 spiro atoms. The molecule has 1 atom stereocenters. The monoisotopic (exact) mass is 310 g/mol. The fourth-order valence-electron chi connectivity index (χ4n) is 2.65. The lowest BCUT2D eigenvalue weighted by atomic mass is 9.89. The van der Waals surface area contributed by atoms with Crippen molar-refractivity contribution < 1.29 is 14.0 Å². The van der Waals surface area contributed by atoms with Crippen LogP contribution in [-0.2, 0) is 0 Å². The molecule has 2 amide bonds. The van der Waals surface area contributed by atoms with Gasteiger partial charge in [0, 0.05) is 16.8 Å². The lowest BCUT2D eigenvalue weighted by molar-refractivity contribution is 0.102. The van der Waals surface area contributed by atoms with Crippen LogP contribution in [0.15, 0.2) is 65.9 Å². The summed E-state index contributed by atoms with van der Waals surface area (Å²) in [4.78, 5) is 24.6. The smallest absolute Gasteiger partial charge is 0.319 e. The molecule has 0 saturated heterocycles. The first-order chi connectivity index (χ1) is 11.1. The molecule has 23 heavy (non-hydrogen) atoms. The Morgan fingerprint density at radius 2 is 1.70 bits per heavy atom. The third kappa shape index (κ3) is 2.99. The van der Waals surface area contributed by atoms with E-state index in [1.807, 2.05) is 6.07 Å². The van der Waals surface area contributed by atoms with E-state index < -0.39 is 6.04 Å². The zero-order chi connectivity index (χ0) is 16.4. The minimum atomic E-state index is -0.614. The maximum absolute atomic E-state index is 13.1. The highest BCUT2D eigenvalue weighted by atomic mass is 19.1. The van der Waals surface area contributed by atoms with Crippen molar-refractivity contribution >= 4 is 11.8 Å². The van der Waals surface area contributed by atoms with Gasteiger partial charge in [-0.3, -0.25) is 4.79 Å². The van der Waals surface area contributed by atoms with E-state index in [1.54, 1.807) is 43.3 Å². The standard InChI is InChI=1S/C18H15FN2O2/c1-11-15(17(22)13-5-3-2-4-6-13)16(21-18(23)20-11)12-7-9-14(19)10-8-12/h2-10,16H,1H3,(H2,20,21,23). The van der Waals surface area contributed by atoms with Crippen molar-refractivity contribution in [3.63, 3.8) is 0 Å². The second-order valence-corrected chi connectivity index (χ2v) is 5.32. The van der Waals surface area contributed by atoms with Crippen molar-refractivity contribution in [3.8, 4) is 0 Å². The lowest BCUT2D eigenvalue weighted by Gasteiger charge is -2.28. The molecule has 1 heterocycles. The van der Waals surface area contributed by atoms with E-state index >= 15 is 0 Å². The largest absolute Gasteiger partial charge is 0.327 e. The van der Waals surface area contributed by atoms with Crippen LogP contribution in [0, 0.1) is 5.82 Å². The van der Waals surface area contributed by atoms with Gasteiger partial charge in [0.15, 0.2) is 5.78 Å². The van der Waals surface area contributed by atoms with Crippen molar-refractivity contribution in [2.45, 2.75) is 13.0 Å². The van der Waals surface area contributed by atoms with Crippen LogP contribution in [-0.4, -0.2) is 11.8 Å². The number of allylic oxidation sites excluding steroid dienone is 1. The van der Waals surface area contributed by atoms with E-state index in [0.717, 1.165) is 0 Å². The van der Waals surface area contributed by atoms with Crippen LogP contribution in [0.2, 0.25) is 0 Å². The highest BCUT2D eigenvalue weighted by Crippen LogP contribution is 2.29. The average Bonchev–Trinajstić information content (AvgIpc) is 2.55. The van der Waals surface area contributed by atoms with Crippen LogP contribution >= 0.6 is 0 Å². The summed E-state index contributed by atoms with van der Waals surface area (Å²) in [5.41, 5.74) is 2.13. The Kier molecular flexibility index (Phi) is 3.93. The number of ketones is 1. The molecular weight excluding hydrogens is 295 g/mol. The molecule has 4 nitrogen and oxygen atoms in total. The summed E-state index contributed by atoms with van der Waals surface area (Å²) >= 11 is 0. The summed E-state index contributed by atoms with van der Waals surface area (Å²) in [5.74, 6) is -0.546. The number of carbonyl (C=O) groups is 2. The second kappa shape index (κ2) is 6.04. The summed E-state index contributed by atoms with van der Waals surface area (Å²) in [6.07, 6.45) is 0. The summed E-state index contributed by atoms with van der Waals surface area (Å²) in [7, 11) is 0. The van der Waals surface area contributed by atoms with Gasteiger partial charge in [0.05, 0.1) is 6.04 Å². The minimum absolute atomic E-state index is 0.176. The third-order valence-electron chi connectivity index (χ3n) is 3.75. The van der Waals surface area contributed by atoms with Crippen LogP contribution in [0.25, 0.3) is 0 Å². The summed E-state index contributed by atoms with van der Waals surface area (Å²) in [6, 6.07) is 13.6. The highest BCUT2D eigenvalue weighted by molar-refractivity contribution is 6.11. The fraction of sp³-hybridized carbons (Fsp3) is 0.111. The zero-order valence-corrected chi connectivity index (χ0v) is 12.5. The first-order valence-corrected chi connectivity index (χ1v) is 7.20. The predicted octanol–water partition coefficient (Wildman–Crippen LogP) is 3.34. The molecule has 1 aliphatic heterocycles. The summed E-state index contributed by atoms with van der Waals surface area (Å²) in [6.45, 7) is 1.69. The van der Waals surface area contributed by atoms with Gasteiger partial charge in [-0.15, -0.1) is 0 Å². The Hall–Kier alpha value is -2.95. The van der Waals surface area contributed by atoms with Crippen molar-refractivity contribution in [1.29, 1.82) is 0 Å². The number of benzene rings is 2. The third-order valence-corrected chi connectivity index (χ3v) is 3.75. The van der Waals surface area contributed by atoms with E-state index in [0.29, 0.717) is 22.4 Å². The molecule has 3 rings (SSSR count). The molecule has 1 unspecified atom stereocenters. The van der Waals surface area contributed by atoms with Crippen LogP contribution in [0.1, 0.15) is 28.9 Å². The number of urea groups is 1. The number of hydrogen-bond acceptors (Lipinski definition) is 2. The first-order valence-electron chi connectivity index (χ1n) is 7.20. The zero-order valence-electron chi connectivity index (χ0n) is 12.5. The van der Waals surface area contributed by atoms with Crippen LogP contribution in [0.5, 0.6) is 0 Å². The van der Waals surface area contributed by atoms with E-state index in [9.17, 15) is 14.0 Å². The van der Waals surface area contributed by atoms with Crippen LogP contribution in [0.3, 0.4) is 0 Å². The lowest BCUT2D eigenvalue weighted by Crippen LogP contribution is -2.45. The fourth-order valence-corrected chi connectivity index (χ4v) is 2.65. The molecule has 0 fully saturated rings. The van der Waals surface area contributed by atoms with Crippen molar-refractivity contribution in [1.82, 2.24) is 10.6 Å². The van der Waals surface area contributed by atoms with Gasteiger partial charge in [0.1, 0.15) is 5.82 Å². The van der Waals surface area contributed by atoms with Crippen molar-refractivity contribution in [3.05, 3.63) is 82.8 Å². The second-order valence-electron chi connectivity index (χ2n) is 5.32. The van der Waals surface area contributed by atoms with E-state index in [4.69, 9.17) is 0 Å². The Morgan fingerprint density at radius 1 is 1.04 bits per heavy atom. The molecule has 5 heteroatoms. The Morgan fingerprint density at radius 3 is 2.35 bits per heavy atom. The molecule has 0 aromatic heterocycles. The van der Waals surface area contributed by atoms with Crippen LogP contribution < -0.4 is 10.6 Å². The molecule has 1 aliphatic rings. The predicted molar refractivity (Wildman–Crippen MR) is 84.3 cm³/mol. The van der Waals surface area contributed by atoms with Gasteiger partial charge in [-0.1, -0.05) is 42.5 Å². The number of carbonyl (C=O) groups excluding carboxylic acids is 2. The average molecular weight is 310 g/mol. The van der Waals surface area contributed by atoms with Crippen molar-refractivity contribution in [2.24, 2.45) is 0 Å². The number of Topliss-reactive ketones (excluding diaryl/α,β-unsaturated/α-hetero) is 1. The SMILES string of the molecule is CC1=C(C(=O)c2ccccc2)C(c2ccc(F)cc2)NC(=O)N1. The maximum Gasteiger partial charge on any atom is 0.319 e. The molecular formula is C18H15FN2O2. The van der Waals surface area contributed by atoms with Gasteiger partial charge in [0.25, 0.3) is 0 Å². The van der Waals surface area contributed by atoms with Gasteiger partial charge in [0.2, 0.25) is 0 Å². The molecule has 116 valence electrons. The molecule has 0 aliphatic carbocycles. The number of hydrogen-bond donors (Lipinski definition) is 2. The van der Waals surface area contributed by atoms with Gasteiger partial charge >= 0.3 is 6.03 Å². The molecule has 0 bridgehead atoms. The molecule has 0 radical (unpaired) electrons. The van der Waals surface area contributed by atoms with E-state index in [2.05, 4.69) is 10.6 Å². The quantitative estimate of drug-likeness (QED) is 0.854.